The van der Waals surface area contributed by atoms with Crippen molar-refractivity contribution in [3.63, 3.8) is 0 Å². The maximum absolute atomic E-state index is 14.0. The number of aromatic nitrogens is 2. The third-order valence-corrected chi connectivity index (χ3v) is 3.30. The van der Waals surface area contributed by atoms with Crippen LogP contribution in [0.4, 0.5) is 14.5 Å². The first-order valence-corrected chi connectivity index (χ1v) is 6.55. The Morgan fingerprint density at radius 2 is 1.76 bits per heavy atom. The van der Waals surface area contributed by atoms with Crippen LogP contribution in [-0.2, 0) is 4.74 Å². The molecule has 5 nitrogen and oxygen atoms in total. The van der Waals surface area contributed by atoms with Crippen molar-refractivity contribution in [2.24, 2.45) is 0 Å². The molecule has 0 atom stereocenters. The molecular formula is C14H13F2N3O2. The van der Waals surface area contributed by atoms with Crippen molar-refractivity contribution in [1.29, 1.82) is 0 Å². The average Bonchev–Trinajstić information content (AvgIpc) is 2.53. The van der Waals surface area contributed by atoms with E-state index in [2.05, 4.69) is 5.10 Å². The molecular weight excluding hydrogens is 280 g/mol. The van der Waals surface area contributed by atoms with Gasteiger partial charge in [0.25, 0.3) is 11.5 Å². The smallest absolute Gasteiger partial charge is 0.298 e. The summed E-state index contributed by atoms with van der Waals surface area (Å²) in [4.78, 5) is 13.9. The van der Waals surface area contributed by atoms with Crippen molar-refractivity contribution in [2.45, 2.75) is 0 Å². The van der Waals surface area contributed by atoms with E-state index in [1.54, 1.807) is 30.3 Å². The lowest BCUT2D eigenvalue weighted by Crippen LogP contribution is -2.42. The number of para-hydroxylation sites is 1. The molecule has 0 spiro atoms. The van der Waals surface area contributed by atoms with Gasteiger partial charge in [-0.3, -0.25) is 4.79 Å². The predicted octanol–water partition coefficient (Wildman–Crippen LogP) is 1.35. The van der Waals surface area contributed by atoms with Crippen LogP contribution in [0, 0.1) is 11.8 Å². The van der Waals surface area contributed by atoms with Gasteiger partial charge in [0.15, 0.2) is 0 Å². The minimum absolute atomic E-state index is 0.297. The minimum Gasteiger partial charge on any atom is -0.378 e. The van der Waals surface area contributed by atoms with E-state index in [1.165, 1.54) is 4.90 Å². The Labute approximate surface area is 119 Å². The van der Waals surface area contributed by atoms with E-state index < -0.39 is 17.3 Å². The number of benzene rings is 1. The van der Waals surface area contributed by atoms with Crippen molar-refractivity contribution < 1.29 is 13.5 Å². The van der Waals surface area contributed by atoms with Gasteiger partial charge in [-0.15, -0.1) is 5.10 Å². The molecule has 0 aliphatic carbocycles. The van der Waals surface area contributed by atoms with E-state index in [4.69, 9.17) is 4.74 Å². The first-order valence-electron chi connectivity index (χ1n) is 6.55. The largest absolute Gasteiger partial charge is 0.378 e. The van der Waals surface area contributed by atoms with Gasteiger partial charge in [-0.25, -0.2) is 0 Å². The second-order valence-corrected chi connectivity index (χ2v) is 4.61. The summed E-state index contributed by atoms with van der Waals surface area (Å²) in [6.07, 6.45) is 0. The van der Waals surface area contributed by atoms with Crippen LogP contribution in [0.25, 0.3) is 5.69 Å². The van der Waals surface area contributed by atoms with Crippen molar-refractivity contribution >= 4 is 5.69 Å². The highest BCUT2D eigenvalue weighted by Crippen LogP contribution is 2.18. The lowest BCUT2D eigenvalue weighted by atomic mass is 10.3. The maximum atomic E-state index is 14.0. The molecule has 2 heterocycles. The second kappa shape index (κ2) is 5.61. The van der Waals surface area contributed by atoms with Gasteiger partial charge in [-0.2, -0.15) is 13.5 Å². The summed E-state index contributed by atoms with van der Waals surface area (Å²) >= 11 is 0. The summed E-state index contributed by atoms with van der Waals surface area (Å²) in [5.74, 6) is -2.51. The standard InChI is InChI=1S/C14H13F2N3O2/c15-11-12(18-6-8-21-9-7-18)14(20)19(17-13(11)16)10-4-2-1-3-5-10/h1-5H,6-9H2. The highest BCUT2D eigenvalue weighted by Gasteiger charge is 2.24. The molecule has 2 aromatic rings. The van der Waals surface area contributed by atoms with Gasteiger partial charge in [0.2, 0.25) is 5.82 Å². The second-order valence-electron chi connectivity index (χ2n) is 4.61. The van der Waals surface area contributed by atoms with Crippen LogP contribution < -0.4 is 10.5 Å². The van der Waals surface area contributed by atoms with Crippen LogP contribution in [0.5, 0.6) is 0 Å². The summed E-state index contributed by atoms with van der Waals surface area (Å²) in [5, 5.41) is 3.40. The molecule has 7 heteroatoms. The molecule has 1 fully saturated rings. The SMILES string of the molecule is O=c1c(N2CCOCC2)c(F)c(F)nn1-c1ccccc1. The number of rotatable bonds is 2. The van der Waals surface area contributed by atoms with E-state index in [-0.39, 0.29) is 5.69 Å². The van der Waals surface area contributed by atoms with Gasteiger partial charge in [0, 0.05) is 13.1 Å². The third kappa shape index (κ3) is 2.52. The molecule has 21 heavy (non-hydrogen) atoms. The molecule has 1 aromatic heterocycles. The van der Waals surface area contributed by atoms with E-state index in [0.29, 0.717) is 32.0 Å². The van der Waals surface area contributed by atoms with Crippen molar-refractivity contribution in [2.75, 3.05) is 31.2 Å². The molecule has 1 saturated heterocycles. The maximum Gasteiger partial charge on any atom is 0.298 e. The summed E-state index contributed by atoms with van der Waals surface area (Å²) in [7, 11) is 0. The van der Waals surface area contributed by atoms with Gasteiger partial charge < -0.3 is 9.64 Å². The Bertz CT molecular complexity index is 697. The molecule has 1 aromatic carbocycles. The Balaban J connectivity index is 2.16. The van der Waals surface area contributed by atoms with E-state index in [9.17, 15) is 13.6 Å². The lowest BCUT2D eigenvalue weighted by Gasteiger charge is -2.28. The molecule has 1 aliphatic heterocycles. The number of anilines is 1. The number of morpholine rings is 1. The molecule has 0 N–H and O–H groups in total. The van der Waals surface area contributed by atoms with Gasteiger partial charge in [-0.1, -0.05) is 18.2 Å². The number of nitrogens with zero attached hydrogens (tertiary/aromatic N) is 3. The number of ether oxygens (including phenoxy) is 1. The van der Waals surface area contributed by atoms with Gasteiger partial charge in [0.05, 0.1) is 18.9 Å². The Hall–Kier alpha value is -2.28. The fraction of sp³-hybridized carbons (Fsp3) is 0.286. The highest BCUT2D eigenvalue weighted by molar-refractivity contribution is 5.47. The Morgan fingerprint density at radius 1 is 1.10 bits per heavy atom. The quantitative estimate of drug-likeness (QED) is 0.838. The lowest BCUT2D eigenvalue weighted by molar-refractivity contribution is 0.122. The summed E-state index contributed by atoms with van der Waals surface area (Å²) in [6, 6.07) is 8.36. The van der Waals surface area contributed by atoms with Gasteiger partial charge >= 0.3 is 0 Å². The summed E-state index contributed by atoms with van der Waals surface area (Å²) in [5.41, 5.74) is -0.590. The molecule has 3 rings (SSSR count). The van der Waals surface area contributed by atoms with Crippen LogP contribution in [0.15, 0.2) is 35.1 Å². The monoisotopic (exact) mass is 293 g/mol. The topological polar surface area (TPSA) is 47.4 Å². The number of hydrogen-bond donors (Lipinski definition) is 0. The number of hydrogen-bond acceptors (Lipinski definition) is 4. The third-order valence-electron chi connectivity index (χ3n) is 3.30. The van der Waals surface area contributed by atoms with Crippen molar-refractivity contribution in [3.8, 4) is 5.69 Å². The van der Waals surface area contributed by atoms with Crippen LogP contribution in [-0.4, -0.2) is 36.1 Å². The molecule has 110 valence electrons. The first-order chi connectivity index (χ1) is 10.2. The number of halogens is 2. The van der Waals surface area contributed by atoms with Crippen molar-refractivity contribution in [1.82, 2.24) is 9.78 Å². The van der Waals surface area contributed by atoms with Crippen LogP contribution in [0.2, 0.25) is 0 Å². The van der Waals surface area contributed by atoms with E-state index >= 15 is 0 Å². The molecule has 1 aliphatic rings. The van der Waals surface area contributed by atoms with Gasteiger partial charge in [0.1, 0.15) is 5.69 Å². The zero-order chi connectivity index (χ0) is 14.8. The zero-order valence-corrected chi connectivity index (χ0v) is 11.1. The van der Waals surface area contributed by atoms with E-state index in [0.717, 1.165) is 4.68 Å². The minimum atomic E-state index is -1.29. The summed E-state index contributed by atoms with van der Waals surface area (Å²) < 4.78 is 33.8. The molecule has 0 amide bonds. The van der Waals surface area contributed by atoms with Crippen LogP contribution >= 0.6 is 0 Å². The first kappa shape index (κ1) is 13.7. The molecule has 0 bridgehead atoms. The summed E-state index contributed by atoms with van der Waals surface area (Å²) in [6.45, 7) is 1.41. The predicted molar refractivity (Wildman–Crippen MR) is 72.8 cm³/mol. The molecule has 0 radical (unpaired) electrons. The Kier molecular flexibility index (Phi) is 3.66. The Morgan fingerprint density at radius 3 is 2.43 bits per heavy atom. The molecule has 0 unspecified atom stereocenters. The van der Waals surface area contributed by atoms with Gasteiger partial charge in [-0.05, 0) is 12.1 Å². The zero-order valence-electron chi connectivity index (χ0n) is 11.1. The average molecular weight is 293 g/mol. The normalized spacial score (nSPS) is 15.2. The fourth-order valence-corrected chi connectivity index (χ4v) is 2.27. The van der Waals surface area contributed by atoms with Crippen molar-refractivity contribution in [3.05, 3.63) is 52.5 Å². The fourth-order valence-electron chi connectivity index (χ4n) is 2.27. The molecule has 0 saturated carbocycles. The van der Waals surface area contributed by atoms with Crippen LogP contribution in [0.3, 0.4) is 0 Å². The van der Waals surface area contributed by atoms with Crippen LogP contribution in [0.1, 0.15) is 0 Å². The van der Waals surface area contributed by atoms with E-state index in [1.807, 2.05) is 0 Å². The highest BCUT2D eigenvalue weighted by atomic mass is 19.2.